The molecular formula is C18H31N3. The standard InChI is InChI=1S/C18H31N3/c1-17(2,3)21-12-10-20(11-13-21)15-18(4,14-19)16-8-6-5-7-9-16/h5-9H,10-15,19H2,1-4H3. The number of nitrogens with two attached hydrogens (primary N) is 1. The number of hydrogen-bond donors (Lipinski definition) is 1. The highest BCUT2D eigenvalue weighted by atomic mass is 15.3. The van der Waals surface area contributed by atoms with E-state index in [0.717, 1.165) is 32.7 Å². The van der Waals surface area contributed by atoms with Gasteiger partial charge in [0.15, 0.2) is 0 Å². The van der Waals surface area contributed by atoms with Crippen LogP contribution < -0.4 is 5.73 Å². The zero-order valence-electron chi connectivity index (χ0n) is 14.1. The second-order valence-electron chi connectivity index (χ2n) is 7.56. The van der Waals surface area contributed by atoms with Gasteiger partial charge in [-0.2, -0.15) is 0 Å². The van der Waals surface area contributed by atoms with Crippen LogP contribution in [-0.4, -0.2) is 54.6 Å². The Morgan fingerprint density at radius 2 is 1.52 bits per heavy atom. The number of rotatable bonds is 4. The van der Waals surface area contributed by atoms with E-state index in [4.69, 9.17) is 5.73 Å². The summed E-state index contributed by atoms with van der Waals surface area (Å²) in [6.45, 7) is 15.5. The van der Waals surface area contributed by atoms with E-state index in [1.807, 2.05) is 0 Å². The zero-order valence-corrected chi connectivity index (χ0v) is 14.1. The van der Waals surface area contributed by atoms with Crippen molar-refractivity contribution in [3.05, 3.63) is 35.9 Å². The lowest BCUT2D eigenvalue weighted by Crippen LogP contribution is -2.56. The van der Waals surface area contributed by atoms with E-state index in [-0.39, 0.29) is 11.0 Å². The summed E-state index contributed by atoms with van der Waals surface area (Å²) >= 11 is 0. The molecule has 1 unspecified atom stereocenters. The first kappa shape index (κ1) is 16.5. The van der Waals surface area contributed by atoms with Crippen LogP contribution in [0.4, 0.5) is 0 Å². The smallest absolute Gasteiger partial charge is 0.0174 e. The molecule has 0 amide bonds. The highest BCUT2D eigenvalue weighted by Crippen LogP contribution is 2.25. The third-order valence-corrected chi connectivity index (χ3v) is 4.81. The van der Waals surface area contributed by atoms with Crippen molar-refractivity contribution in [3.63, 3.8) is 0 Å². The summed E-state index contributed by atoms with van der Waals surface area (Å²) in [6, 6.07) is 10.7. The van der Waals surface area contributed by atoms with Crippen LogP contribution in [0.25, 0.3) is 0 Å². The molecule has 0 spiro atoms. The summed E-state index contributed by atoms with van der Waals surface area (Å²) in [5.74, 6) is 0. The van der Waals surface area contributed by atoms with Crippen LogP contribution in [0, 0.1) is 0 Å². The molecule has 21 heavy (non-hydrogen) atoms. The summed E-state index contributed by atoms with van der Waals surface area (Å²) in [5, 5.41) is 0. The molecule has 3 nitrogen and oxygen atoms in total. The number of benzene rings is 1. The first-order valence-electron chi connectivity index (χ1n) is 8.08. The van der Waals surface area contributed by atoms with E-state index < -0.39 is 0 Å². The van der Waals surface area contributed by atoms with Crippen LogP contribution in [0.5, 0.6) is 0 Å². The van der Waals surface area contributed by atoms with Gasteiger partial charge in [0, 0.05) is 50.2 Å². The molecule has 1 saturated heterocycles. The monoisotopic (exact) mass is 289 g/mol. The summed E-state index contributed by atoms with van der Waals surface area (Å²) < 4.78 is 0. The van der Waals surface area contributed by atoms with Crippen LogP contribution >= 0.6 is 0 Å². The Labute approximate surface area is 130 Å². The number of piperazine rings is 1. The zero-order chi connectivity index (χ0) is 15.5. The Bertz CT molecular complexity index is 430. The predicted molar refractivity (Wildman–Crippen MR) is 90.6 cm³/mol. The van der Waals surface area contributed by atoms with E-state index >= 15 is 0 Å². The van der Waals surface area contributed by atoms with Gasteiger partial charge in [0.2, 0.25) is 0 Å². The van der Waals surface area contributed by atoms with E-state index in [1.54, 1.807) is 0 Å². The SMILES string of the molecule is CC(CN)(CN1CCN(C(C)(C)C)CC1)c1ccccc1. The van der Waals surface area contributed by atoms with Gasteiger partial charge in [0.25, 0.3) is 0 Å². The lowest BCUT2D eigenvalue weighted by Gasteiger charge is -2.44. The third-order valence-electron chi connectivity index (χ3n) is 4.81. The molecule has 1 aliphatic heterocycles. The molecular weight excluding hydrogens is 258 g/mol. The van der Waals surface area contributed by atoms with Gasteiger partial charge < -0.3 is 5.73 Å². The summed E-state index contributed by atoms with van der Waals surface area (Å²) in [5.41, 5.74) is 7.80. The topological polar surface area (TPSA) is 32.5 Å². The molecule has 0 saturated carbocycles. The molecule has 0 aliphatic carbocycles. The molecule has 1 aliphatic rings. The van der Waals surface area contributed by atoms with Crippen molar-refractivity contribution in [1.82, 2.24) is 9.80 Å². The van der Waals surface area contributed by atoms with Crippen molar-refractivity contribution < 1.29 is 0 Å². The lowest BCUT2D eigenvalue weighted by atomic mass is 9.82. The molecule has 1 atom stereocenters. The van der Waals surface area contributed by atoms with Gasteiger partial charge in [0.05, 0.1) is 0 Å². The fourth-order valence-electron chi connectivity index (χ4n) is 3.18. The van der Waals surface area contributed by atoms with Gasteiger partial charge in [-0.1, -0.05) is 37.3 Å². The summed E-state index contributed by atoms with van der Waals surface area (Å²) in [4.78, 5) is 5.15. The van der Waals surface area contributed by atoms with Gasteiger partial charge in [0.1, 0.15) is 0 Å². The Balaban J connectivity index is 1.98. The molecule has 0 aromatic heterocycles. The fraction of sp³-hybridized carbons (Fsp3) is 0.667. The van der Waals surface area contributed by atoms with Crippen LogP contribution in [0.2, 0.25) is 0 Å². The van der Waals surface area contributed by atoms with Gasteiger partial charge >= 0.3 is 0 Å². The Hall–Kier alpha value is -0.900. The van der Waals surface area contributed by atoms with Crippen molar-refractivity contribution in [2.75, 3.05) is 39.3 Å². The van der Waals surface area contributed by atoms with Gasteiger partial charge in [-0.3, -0.25) is 9.80 Å². The van der Waals surface area contributed by atoms with E-state index in [0.29, 0.717) is 6.54 Å². The molecule has 2 N–H and O–H groups in total. The fourth-order valence-corrected chi connectivity index (χ4v) is 3.18. The molecule has 1 heterocycles. The second kappa shape index (κ2) is 6.47. The van der Waals surface area contributed by atoms with E-state index in [2.05, 4.69) is 67.8 Å². The van der Waals surface area contributed by atoms with Crippen LogP contribution in [0.1, 0.15) is 33.3 Å². The predicted octanol–water partition coefficient (Wildman–Crippen LogP) is 2.32. The molecule has 3 heteroatoms. The Morgan fingerprint density at radius 3 is 2.00 bits per heavy atom. The molecule has 1 aromatic carbocycles. The second-order valence-corrected chi connectivity index (χ2v) is 7.56. The maximum Gasteiger partial charge on any atom is 0.0174 e. The highest BCUT2D eigenvalue weighted by molar-refractivity contribution is 5.25. The molecule has 0 bridgehead atoms. The van der Waals surface area contributed by atoms with Crippen molar-refractivity contribution >= 4 is 0 Å². The first-order chi connectivity index (χ1) is 9.85. The van der Waals surface area contributed by atoms with Crippen LogP contribution in [0.3, 0.4) is 0 Å². The normalized spacial score (nSPS) is 21.2. The summed E-state index contributed by atoms with van der Waals surface area (Å²) in [6.07, 6.45) is 0. The first-order valence-corrected chi connectivity index (χ1v) is 8.08. The van der Waals surface area contributed by atoms with Crippen molar-refractivity contribution in [2.45, 2.75) is 38.6 Å². The van der Waals surface area contributed by atoms with Crippen molar-refractivity contribution in [2.24, 2.45) is 5.73 Å². The van der Waals surface area contributed by atoms with Crippen LogP contribution in [-0.2, 0) is 5.41 Å². The van der Waals surface area contributed by atoms with Gasteiger partial charge in [-0.25, -0.2) is 0 Å². The van der Waals surface area contributed by atoms with Gasteiger partial charge in [-0.05, 0) is 26.3 Å². The maximum atomic E-state index is 6.12. The summed E-state index contributed by atoms with van der Waals surface area (Å²) in [7, 11) is 0. The minimum absolute atomic E-state index is 0.0468. The van der Waals surface area contributed by atoms with E-state index in [1.165, 1.54) is 5.56 Å². The van der Waals surface area contributed by atoms with E-state index in [9.17, 15) is 0 Å². The molecule has 2 rings (SSSR count). The largest absolute Gasteiger partial charge is 0.330 e. The maximum absolute atomic E-state index is 6.12. The lowest BCUT2D eigenvalue weighted by molar-refractivity contribution is 0.0533. The number of nitrogens with zero attached hydrogens (tertiary/aromatic N) is 2. The molecule has 1 fully saturated rings. The highest BCUT2D eigenvalue weighted by Gasteiger charge is 2.31. The van der Waals surface area contributed by atoms with Crippen molar-refractivity contribution in [3.8, 4) is 0 Å². The Kier molecular flexibility index (Phi) is 5.07. The molecule has 1 aromatic rings. The third kappa shape index (κ3) is 4.06. The minimum atomic E-state index is 0.0468. The molecule has 118 valence electrons. The minimum Gasteiger partial charge on any atom is -0.330 e. The quantitative estimate of drug-likeness (QED) is 0.923. The molecule has 0 radical (unpaired) electrons. The van der Waals surface area contributed by atoms with Crippen molar-refractivity contribution in [1.29, 1.82) is 0 Å². The van der Waals surface area contributed by atoms with Gasteiger partial charge in [-0.15, -0.1) is 0 Å². The van der Waals surface area contributed by atoms with Crippen LogP contribution in [0.15, 0.2) is 30.3 Å². The Morgan fingerprint density at radius 1 is 0.952 bits per heavy atom. The number of hydrogen-bond acceptors (Lipinski definition) is 3. The average Bonchev–Trinajstić information content (AvgIpc) is 2.47. The average molecular weight is 289 g/mol.